The van der Waals surface area contributed by atoms with Gasteiger partial charge in [0.15, 0.2) is 18.9 Å². The number of esters is 2. The Morgan fingerprint density at radius 3 is 1.75 bits per heavy atom. The van der Waals surface area contributed by atoms with Crippen LogP contribution in [-0.2, 0) is 52.2 Å². The van der Waals surface area contributed by atoms with Crippen LogP contribution < -0.4 is 0 Å². The van der Waals surface area contributed by atoms with Gasteiger partial charge in [-0.25, -0.2) is 0 Å². The highest BCUT2D eigenvalue weighted by Crippen LogP contribution is 2.76. The van der Waals surface area contributed by atoms with Crippen LogP contribution in [-0.4, -0.2) is 258 Å². The normalized spacial score (nSPS) is 54.2. The van der Waals surface area contributed by atoms with Crippen LogP contribution in [0.5, 0.6) is 0 Å². The molecular formula is C54H86O26. The number of rotatable bonds is 13. The lowest BCUT2D eigenvalue weighted by atomic mass is 9.33. The number of hydrogen-bond acceptors (Lipinski definition) is 26. The number of methoxy groups -OCH3 is 1. The largest absolute Gasteiger partial charge is 0.469 e. The molecule has 1 unspecified atom stereocenters. The highest BCUT2D eigenvalue weighted by atomic mass is 16.8. The van der Waals surface area contributed by atoms with Crippen molar-refractivity contribution in [1.29, 1.82) is 0 Å². The molecule has 0 aromatic carbocycles. The highest BCUT2D eigenvalue weighted by molar-refractivity contribution is 5.81. The molecule has 26 heteroatoms. The van der Waals surface area contributed by atoms with Crippen LogP contribution >= 0.6 is 0 Å². The number of fused-ring (bicyclic) bond motifs is 7. The zero-order chi connectivity index (χ0) is 58.6. The molecule has 0 bridgehead atoms. The fraction of sp³-hybridized carbons (Fsp3) is 0.926. The molecule has 80 heavy (non-hydrogen) atoms. The first-order chi connectivity index (χ1) is 37.6. The maximum atomic E-state index is 14.9. The minimum Gasteiger partial charge on any atom is -0.469 e. The van der Waals surface area contributed by atoms with Crippen molar-refractivity contribution in [2.24, 2.45) is 50.2 Å². The lowest BCUT2D eigenvalue weighted by Crippen LogP contribution is -2.70. The Morgan fingerprint density at radius 1 is 0.575 bits per heavy atom. The zero-order valence-electron chi connectivity index (χ0n) is 46.0. The first-order valence-electron chi connectivity index (χ1n) is 28.1. The first kappa shape index (κ1) is 62.3. The number of aliphatic hydroxyl groups is 15. The Bertz CT molecular complexity index is 2240. The van der Waals surface area contributed by atoms with Crippen LogP contribution in [0.4, 0.5) is 0 Å². The van der Waals surface area contributed by atoms with Crippen molar-refractivity contribution in [2.45, 2.75) is 221 Å². The average molecular weight is 1150 g/mol. The highest BCUT2D eigenvalue weighted by Gasteiger charge is 2.72. The molecule has 0 radical (unpaired) electrons. The van der Waals surface area contributed by atoms with Gasteiger partial charge >= 0.3 is 11.9 Å². The third kappa shape index (κ3) is 9.82. The van der Waals surface area contributed by atoms with E-state index in [1.807, 2.05) is 6.92 Å². The molecule has 30 atom stereocenters. The van der Waals surface area contributed by atoms with E-state index in [4.69, 9.17) is 42.6 Å². The maximum Gasteiger partial charge on any atom is 0.315 e. The number of carbonyl (C=O) groups excluding carboxylic acids is 2. The third-order valence-electron chi connectivity index (χ3n) is 21.6. The molecular weight excluding hydrogens is 1060 g/mol. The molecule has 0 amide bonds. The number of aliphatic hydroxyl groups excluding tert-OH is 15. The van der Waals surface area contributed by atoms with E-state index in [0.717, 1.165) is 5.57 Å². The van der Waals surface area contributed by atoms with Crippen molar-refractivity contribution >= 4 is 11.9 Å². The smallest absolute Gasteiger partial charge is 0.315 e. The summed E-state index contributed by atoms with van der Waals surface area (Å²) in [6.45, 7) is 6.53. The molecule has 458 valence electrons. The summed E-state index contributed by atoms with van der Waals surface area (Å²) in [4.78, 5) is 28.5. The van der Waals surface area contributed by atoms with E-state index < -0.39 is 218 Å². The Balaban J connectivity index is 1.03. The van der Waals surface area contributed by atoms with Gasteiger partial charge in [0.1, 0.15) is 91.6 Å². The number of hydrogen-bond donors (Lipinski definition) is 15. The van der Waals surface area contributed by atoms with E-state index >= 15 is 0 Å². The lowest BCUT2D eigenvalue weighted by Gasteiger charge is -2.71. The summed E-state index contributed by atoms with van der Waals surface area (Å²) in [6.07, 6.45) is -30.9. The average Bonchev–Trinajstić information content (AvgIpc) is 3.43. The molecule has 0 aromatic heterocycles. The van der Waals surface area contributed by atoms with E-state index in [-0.39, 0.29) is 38.0 Å². The summed E-state index contributed by atoms with van der Waals surface area (Å²) in [5, 5.41) is 163. The molecule has 4 saturated heterocycles. The molecule has 4 saturated carbocycles. The molecule has 9 rings (SSSR count). The zero-order valence-corrected chi connectivity index (χ0v) is 46.0. The third-order valence-corrected chi connectivity index (χ3v) is 21.6. The van der Waals surface area contributed by atoms with Crippen molar-refractivity contribution in [2.75, 3.05) is 40.1 Å². The van der Waals surface area contributed by atoms with Crippen LogP contribution in [0.2, 0.25) is 0 Å². The van der Waals surface area contributed by atoms with Crippen molar-refractivity contribution in [1.82, 2.24) is 0 Å². The van der Waals surface area contributed by atoms with Gasteiger partial charge in [0.25, 0.3) is 0 Å². The van der Waals surface area contributed by atoms with Gasteiger partial charge in [-0.1, -0.05) is 39.3 Å². The van der Waals surface area contributed by atoms with Gasteiger partial charge in [0.05, 0.1) is 63.2 Å². The standard InChI is InChI=1S/C54H86O26/c1-49(47(70)72-6)11-13-54(48(71)80-45-39(69)36(66)33(63)27(18-56)75-45)14-12-52(4)22(23(54)15-49)7-8-30-50(2)16-24(59)42(51(3,21-58)29(50)9-10-53(30,52)5)79-46-41(78-43-37(67)31(61)25(60)20-73-43)40(34(64)28(19-57)76-46)77-44-38(68)35(65)32(62)26(17-55)74-44/h7,23-46,55-69H,8-21H2,1-6H3/t23-,24+,25-,26-,27-,28-,29?,30-,31+,32-,33-,34-,35+,36+,37-,38-,39-,40+,41-,42+,43+,44+,45+,46+,49-,50+,51+,52-,53-,54+/m1/s1. The first-order valence-corrected chi connectivity index (χ1v) is 28.1. The van der Waals surface area contributed by atoms with Crippen LogP contribution in [0.25, 0.3) is 0 Å². The second-order valence-corrected chi connectivity index (χ2v) is 25.7. The monoisotopic (exact) mass is 1150 g/mol. The summed E-state index contributed by atoms with van der Waals surface area (Å²) in [7, 11) is 1.31. The van der Waals surface area contributed by atoms with Gasteiger partial charge < -0.3 is 119 Å². The number of ether oxygens (including phenoxy) is 9. The van der Waals surface area contributed by atoms with E-state index in [9.17, 15) is 86.2 Å². The summed E-state index contributed by atoms with van der Waals surface area (Å²) in [6, 6.07) is 0. The number of allylic oxidation sites excluding steroid dienone is 2. The molecule has 0 spiro atoms. The van der Waals surface area contributed by atoms with Crippen LogP contribution in [0.3, 0.4) is 0 Å². The SMILES string of the molecule is COC(=O)[C@]1(C)CC[C@]2(C(=O)O[C@@H]3O[C@H](CO)[C@@H](O)[C@H](O)[C@H]3O)CC[C@]3(C)C(=CC[C@@H]4[C@@]5(C)C[C@H](O)[C@H](O[C@@H]6O[C@H](CO)[C@@H](O)[C@H](O[C@@H]7O[C@H](CO)[C@@H](O)[C@H](O)[C@H]7O)[C@H]6O[C@@H]6OC[C@@H](O)[C@H](O)[C@H]6O)[C@@](C)(CO)C5CC[C@]43C)[C@H]2C1. The van der Waals surface area contributed by atoms with Crippen LogP contribution in [0.1, 0.15) is 92.4 Å². The van der Waals surface area contributed by atoms with Gasteiger partial charge in [0.2, 0.25) is 6.29 Å². The molecule has 8 fully saturated rings. The van der Waals surface area contributed by atoms with Crippen molar-refractivity contribution in [3.8, 4) is 0 Å². The molecule has 0 aromatic rings. The molecule has 5 aliphatic carbocycles. The van der Waals surface area contributed by atoms with E-state index in [1.165, 1.54) is 7.11 Å². The van der Waals surface area contributed by atoms with E-state index in [0.29, 0.717) is 25.7 Å². The second-order valence-electron chi connectivity index (χ2n) is 25.7. The Kier molecular flexibility index (Phi) is 17.8. The predicted molar refractivity (Wildman–Crippen MR) is 266 cm³/mol. The molecule has 26 nitrogen and oxygen atoms in total. The Labute approximate surface area is 463 Å². The fourth-order valence-corrected chi connectivity index (χ4v) is 16.6. The summed E-state index contributed by atoms with van der Waals surface area (Å²) < 4.78 is 53.4. The van der Waals surface area contributed by atoms with Gasteiger partial charge in [-0.15, -0.1) is 0 Å². The lowest BCUT2D eigenvalue weighted by molar-refractivity contribution is -0.399. The van der Waals surface area contributed by atoms with E-state index in [1.54, 1.807) is 6.92 Å². The maximum absolute atomic E-state index is 14.9. The van der Waals surface area contributed by atoms with Crippen LogP contribution in [0.15, 0.2) is 11.6 Å². The van der Waals surface area contributed by atoms with Crippen molar-refractivity contribution < 1.29 is 129 Å². The van der Waals surface area contributed by atoms with Gasteiger partial charge in [0, 0.05) is 5.41 Å². The van der Waals surface area contributed by atoms with Crippen molar-refractivity contribution in [3.63, 3.8) is 0 Å². The van der Waals surface area contributed by atoms with Crippen LogP contribution in [0, 0.1) is 50.2 Å². The predicted octanol–water partition coefficient (Wildman–Crippen LogP) is -4.30. The quantitative estimate of drug-likeness (QED) is 0.0471. The molecule has 4 aliphatic heterocycles. The number of carbonyl (C=O) groups is 2. The minimum atomic E-state index is -2.00. The van der Waals surface area contributed by atoms with E-state index in [2.05, 4.69) is 26.8 Å². The van der Waals surface area contributed by atoms with Crippen molar-refractivity contribution in [3.05, 3.63) is 11.6 Å². The van der Waals surface area contributed by atoms with Gasteiger partial charge in [-0.05, 0) is 98.7 Å². The summed E-state index contributed by atoms with van der Waals surface area (Å²) in [5.74, 6) is -2.34. The Hall–Kier alpha value is -2.20. The molecule has 9 aliphatic rings. The Morgan fingerprint density at radius 2 is 1.14 bits per heavy atom. The summed E-state index contributed by atoms with van der Waals surface area (Å²) >= 11 is 0. The second kappa shape index (κ2) is 22.9. The topological polar surface area (TPSA) is 421 Å². The minimum absolute atomic E-state index is 0.0975. The van der Waals surface area contributed by atoms with Gasteiger partial charge in [-0.2, -0.15) is 0 Å². The molecule has 15 N–H and O–H groups in total. The summed E-state index contributed by atoms with van der Waals surface area (Å²) in [5.41, 5.74) is -4.57. The fourth-order valence-electron chi connectivity index (χ4n) is 16.6. The molecule has 4 heterocycles. The van der Waals surface area contributed by atoms with Gasteiger partial charge in [-0.3, -0.25) is 9.59 Å².